The summed E-state index contributed by atoms with van der Waals surface area (Å²) < 4.78 is 0. The first-order valence-electron chi connectivity index (χ1n) is 8.25. The fraction of sp³-hybridized carbons (Fsp3) is 0.190. The van der Waals surface area contributed by atoms with E-state index in [9.17, 15) is 0 Å². The van der Waals surface area contributed by atoms with Crippen molar-refractivity contribution in [1.29, 1.82) is 0 Å². The minimum absolute atomic E-state index is 0.338. The molecule has 1 aliphatic carbocycles. The molecule has 1 N–H and O–H groups in total. The van der Waals surface area contributed by atoms with Gasteiger partial charge in [0.05, 0.1) is 6.04 Å². The number of nitrogens with zero attached hydrogens (tertiary/aromatic N) is 1. The highest BCUT2D eigenvalue weighted by molar-refractivity contribution is 5.62. The van der Waals surface area contributed by atoms with E-state index in [-0.39, 0.29) is 0 Å². The minimum Gasteiger partial charge on any atom is -0.378 e. The molecule has 1 aliphatic heterocycles. The highest BCUT2D eigenvalue weighted by Crippen LogP contribution is 2.53. The molecule has 0 amide bonds. The first-order chi connectivity index (χ1) is 11.4. The van der Waals surface area contributed by atoms with Crippen LogP contribution in [0.2, 0.25) is 0 Å². The van der Waals surface area contributed by atoms with Gasteiger partial charge in [-0.25, -0.2) is 0 Å². The molecule has 2 aromatic carbocycles. The van der Waals surface area contributed by atoms with E-state index in [1.54, 1.807) is 0 Å². The van der Waals surface area contributed by atoms with Gasteiger partial charge in [0.2, 0.25) is 0 Å². The fourth-order valence-corrected chi connectivity index (χ4v) is 4.41. The highest BCUT2D eigenvalue weighted by atomic mass is 15.0. The van der Waals surface area contributed by atoms with E-state index in [2.05, 4.69) is 71.0 Å². The Morgan fingerprint density at radius 3 is 2.43 bits per heavy atom. The Morgan fingerprint density at radius 1 is 0.826 bits per heavy atom. The van der Waals surface area contributed by atoms with E-state index >= 15 is 0 Å². The van der Waals surface area contributed by atoms with Crippen LogP contribution in [0, 0.1) is 5.92 Å². The monoisotopic (exact) mass is 298 g/mol. The van der Waals surface area contributed by atoms with E-state index in [0.29, 0.717) is 17.9 Å². The predicted octanol–water partition coefficient (Wildman–Crippen LogP) is 4.55. The van der Waals surface area contributed by atoms with Crippen LogP contribution in [0.3, 0.4) is 0 Å². The standard InChI is InChI=1S/C21H18N2/c1-2-6-16-15(5-1)13-18-20(16)17-7-3-4-8-19(17)23-21(18)14-9-11-22-12-10-14/h1-12,18,20-21,23H,13H2. The lowest BCUT2D eigenvalue weighted by Gasteiger charge is -2.37. The summed E-state index contributed by atoms with van der Waals surface area (Å²) in [5.41, 5.74) is 7.04. The van der Waals surface area contributed by atoms with E-state index < -0.39 is 0 Å². The largest absolute Gasteiger partial charge is 0.378 e. The van der Waals surface area contributed by atoms with Gasteiger partial charge in [-0.15, -0.1) is 0 Å². The third kappa shape index (κ3) is 1.91. The molecule has 3 aromatic rings. The zero-order valence-corrected chi connectivity index (χ0v) is 12.8. The molecule has 1 aromatic heterocycles. The summed E-state index contributed by atoms with van der Waals surface area (Å²) in [5, 5.41) is 3.79. The third-order valence-electron chi connectivity index (χ3n) is 5.37. The molecule has 2 heteroatoms. The average Bonchev–Trinajstić information content (AvgIpc) is 3.01. The normalized spacial score (nSPS) is 24.3. The van der Waals surface area contributed by atoms with Gasteiger partial charge in [0.1, 0.15) is 0 Å². The molecule has 0 saturated heterocycles. The van der Waals surface area contributed by atoms with Crippen LogP contribution in [-0.2, 0) is 6.42 Å². The second kappa shape index (κ2) is 4.95. The second-order valence-corrected chi connectivity index (χ2v) is 6.53. The lowest BCUT2D eigenvalue weighted by Crippen LogP contribution is -2.30. The molecular formula is C21H18N2. The molecule has 0 saturated carbocycles. The topological polar surface area (TPSA) is 24.9 Å². The Morgan fingerprint density at radius 2 is 1.57 bits per heavy atom. The zero-order valence-electron chi connectivity index (χ0n) is 12.8. The van der Waals surface area contributed by atoms with Gasteiger partial charge in [0.25, 0.3) is 0 Å². The molecule has 23 heavy (non-hydrogen) atoms. The summed E-state index contributed by atoms with van der Waals surface area (Å²) in [6, 6.07) is 22.3. The molecule has 0 spiro atoms. The number of fused-ring (bicyclic) bond motifs is 5. The summed E-state index contributed by atoms with van der Waals surface area (Å²) in [6.07, 6.45) is 4.93. The Bertz CT molecular complexity index is 856. The number of anilines is 1. The number of nitrogens with one attached hydrogen (secondary N) is 1. The van der Waals surface area contributed by atoms with Crippen molar-refractivity contribution in [2.45, 2.75) is 18.4 Å². The summed E-state index contributed by atoms with van der Waals surface area (Å²) in [4.78, 5) is 4.18. The highest BCUT2D eigenvalue weighted by Gasteiger charge is 2.42. The van der Waals surface area contributed by atoms with Gasteiger partial charge in [0.15, 0.2) is 0 Å². The van der Waals surface area contributed by atoms with Crippen molar-refractivity contribution in [3.63, 3.8) is 0 Å². The van der Waals surface area contributed by atoms with Gasteiger partial charge in [-0.1, -0.05) is 42.5 Å². The SMILES string of the molecule is c1ccc2c(c1)CC1C(c3ccncc3)Nc3ccccc3C21. The maximum absolute atomic E-state index is 4.18. The Kier molecular flexibility index (Phi) is 2.77. The van der Waals surface area contributed by atoms with E-state index in [0.717, 1.165) is 6.42 Å². The summed E-state index contributed by atoms with van der Waals surface area (Å²) in [5.74, 6) is 1.05. The average molecular weight is 298 g/mol. The van der Waals surface area contributed by atoms with Crippen molar-refractivity contribution in [3.8, 4) is 0 Å². The van der Waals surface area contributed by atoms with Crippen LogP contribution < -0.4 is 5.32 Å². The number of pyridine rings is 1. The second-order valence-electron chi connectivity index (χ2n) is 6.53. The molecule has 2 aliphatic rings. The molecule has 0 radical (unpaired) electrons. The minimum atomic E-state index is 0.338. The van der Waals surface area contributed by atoms with E-state index in [1.165, 1.54) is 27.9 Å². The maximum atomic E-state index is 4.18. The summed E-state index contributed by atoms with van der Waals surface area (Å²) in [7, 11) is 0. The van der Waals surface area contributed by atoms with Gasteiger partial charge in [-0.2, -0.15) is 0 Å². The smallest absolute Gasteiger partial charge is 0.0555 e. The molecule has 0 bridgehead atoms. The van der Waals surface area contributed by atoms with Gasteiger partial charge in [-0.3, -0.25) is 4.98 Å². The van der Waals surface area contributed by atoms with Crippen molar-refractivity contribution >= 4 is 5.69 Å². The summed E-state index contributed by atoms with van der Waals surface area (Å²) >= 11 is 0. The van der Waals surface area contributed by atoms with Crippen molar-refractivity contribution in [2.24, 2.45) is 5.92 Å². The Balaban J connectivity index is 1.70. The number of rotatable bonds is 1. The van der Waals surface area contributed by atoms with E-state index in [4.69, 9.17) is 0 Å². The van der Waals surface area contributed by atoms with Gasteiger partial charge >= 0.3 is 0 Å². The van der Waals surface area contributed by atoms with Crippen LogP contribution in [0.4, 0.5) is 5.69 Å². The van der Waals surface area contributed by atoms with Crippen LogP contribution in [0.15, 0.2) is 73.1 Å². The lowest BCUT2D eigenvalue weighted by molar-refractivity contribution is 0.421. The first-order valence-corrected chi connectivity index (χ1v) is 8.25. The third-order valence-corrected chi connectivity index (χ3v) is 5.37. The van der Waals surface area contributed by atoms with Crippen molar-refractivity contribution in [3.05, 3.63) is 95.3 Å². The molecule has 2 heterocycles. The molecular weight excluding hydrogens is 280 g/mol. The van der Waals surface area contributed by atoms with Gasteiger partial charge in [-0.05, 0) is 52.8 Å². The fourth-order valence-electron chi connectivity index (χ4n) is 4.41. The summed E-state index contributed by atoms with van der Waals surface area (Å²) in [6.45, 7) is 0. The molecule has 5 rings (SSSR count). The van der Waals surface area contributed by atoms with Crippen LogP contribution >= 0.6 is 0 Å². The van der Waals surface area contributed by atoms with Crippen LogP contribution in [0.1, 0.15) is 34.2 Å². The van der Waals surface area contributed by atoms with Crippen molar-refractivity contribution in [2.75, 3.05) is 5.32 Å². The number of benzene rings is 2. The first kappa shape index (κ1) is 12.9. The van der Waals surface area contributed by atoms with E-state index in [1.807, 2.05) is 12.4 Å². The van der Waals surface area contributed by atoms with Crippen LogP contribution in [0.5, 0.6) is 0 Å². The Hall–Kier alpha value is -2.61. The molecule has 0 fully saturated rings. The number of para-hydroxylation sites is 1. The zero-order chi connectivity index (χ0) is 15.2. The molecule has 2 nitrogen and oxygen atoms in total. The maximum Gasteiger partial charge on any atom is 0.0555 e. The predicted molar refractivity (Wildman–Crippen MR) is 92.5 cm³/mol. The van der Waals surface area contributed by atoms with Crippen molar-refractivity contribution in [1.82, 2.24) is 4.98 Å². The lowest BCUT2D eigenvalue weighted by atomic mass is 9.76. The number of hydrogen-bond acceptors (Lipinski definition) is 2. The number of aromatic nitrogens is 1. The van der Waals surface area contributed by atoms with Crippen LogP contribution in [-0.4, -0.2) is 4.98 Å². The Labute approximate surface area is 136 Å². The molecule has 3 atom stereocenters. The van der Waals surface area contributed by atoms with Gasteiger partial charge in [0, 0.05) is 24.0 Å². The quantitative estimate of drug-likeness (QED) is 0.713. The molecule has 112 valence electrons. The van der Waals surface area contributed by atoms with Crippen LogP contribution in [0.25, 0.3) is 0 Å². The number of hydrogen-bond donors (Lipinski definition) is 1. The molecule has 3 unspecified atom stereocenters. The van der Waals surface area contributed by atoms with Gasteiger partial charge < -0.3 is 5.32 Å². The van der Waals surface area contributed by atoms with Crippen molar-refractivity contribution < 1.29 is 0 Å².